The van der Waals surface area contributed by atoms with E-state index in [9.17, 15) is 0 Å². The van der Waals surface area contributed by atoms with Crippen molar-refractivity contribution in [3.63, 3.8) is 0 Å². The van der Waals surface area contributed by atoms with Crippen LogP contribution in [0.1, 0.15) is 11.4 Å². The summed E-state index contributed by atoms with van der Waals surface area (Å²) < 4.78 is 14.8. The second kappa shape index (κ2) is 7.81. The molecule has 0 unspecified atom stereocenters. The fourth-order valence-electron chi connectivity index (χ4n) is 3.57. The van der Waals surface area contributed by atoms with E-state index in [-0.39, 0.29) is 6.79 Å². The fourth-order valence-corrected chi connectivity index (χ4v) is 5.16. The number of aromatic nitrogens is 5. The number of fused-ring (bicyclic) bond motifs is 1. The predicted molar refractivity (Wildman–Crippen MR) is 124 cm³/mol. The summed E-state index contributed by atoms with van der Waals surface area (Å²) in [6.45, 7) is 2.92. The number of aryl methyl sites for hydroxylation is 1. The lowest BCUT2D eigenvalue weighted by Crippen LogP contribution is -2.05. The Labute approximate surface area is 191 Å². The van der Waals surface area contributed by atoms with Gasteiger partial charge in [-0.25, -0.2) is 14.6 Å². The molecule has 4 aromatic heterocycles. The van der Waals surface area contributed by atoms with E-state index in [1.165, 1.54) is 0 Å². The molecule has 32 heavy (non-hydrogen) atoms. The number of hydrogen-bond acceptors (Lipinski definition) is 8. The molecule has 1 aromatic carbocycles. The first-order valence-corrected chi connectivity index (χ1v) is 11.7. The largest absolute Gasteiger partial charge is 0.454 e. The zero-order valence-corrected chi connectivity index (χ0v) is 18.7. The van der Waals surface area contributed by atoms with E-state index in [0.29, 0.717) is 6.54 Å². The molecule has 0 spiro atoms. The van der Waals surface area contributed by atoms with Gasteiger partial charge in [-0.05, 0) is 37.3 Å². The molecule has 5 aromatic rings. The molecule has 0 radical (unpaired) electrons. The minimum atomic E-state index is 0.257. The number of nitrogens with zero attached hydrogens (tertiary/aromatic N) is 5. The van der Waals surface area contributed by atoms with Crippen LogP contribution >= 0.6 is 22.7 Å². The molecule has 10 heteroatoms. The van der Waals surface area contributed by atoms with Crippen LogP contribution < -0.4 is 14.8 Å². The van der Waals surface area contributed by atoms with Gasteiger partial charge in [0.2, 0.25) is 6.79 Å². The maximum atomic E-state index is 5.48. The average molecular weight is 463 g/mol. The van der Waals surface area contributed by atoms with Gasteiger partial charge in [-0.2, -0.15) is 5.10 Å². The number of thiazole rings is 2. The first-order chi connectivity index (χ1) is 15.7. The van der Waals surface area contributed by atoms with Gasteiger partial charge < -0.3 is 14.8 Å². The number of ether oxygens (including phenoxy) is 2. The standard InChI is InChI=1S/C22H18N6O2S2/c1-14-20(17-6-9-28(26-17)15-4-5-18-19(11-15)30-13-29-18)32-21(25-14)24-12-16-3-2-8-27(16)22-23-7-10-31-22/h2-11H,12-13H2,1H3,(H,24,25). The quantitative estimate of drug-likeness (QED) is 0.387. The van der Waals surface area contributed by atoms with Gasteiger partial charge in [-0.3, -0.25) is 4.57 Å². The Balaban J connectivity index is 1.21. The molecular formula is C22H18N6O2S2. The van der Waals surface area contributed by atoms with Gasteiger partial charge in [0, 0.05) is 35.7 Å². The van der Waals surface area contributed by atoms with Crippen molar-refractivity contribution in [3.8, 4) is 32.9 Å². The summed E-state index contributed by atoms with van der Waals surface area (Å²) in [5.41, 5.74) is 3.88. The van der Waals surface area contributed by atoms with Crippen molar-refractivity contribution in [3.05, 3.63) is 71.8 Å². The third-order valence-corrected chi connectivity index (χ3v) is 7.03. The number of hydrogen-bond donors (Lipinski definition) is 1. The molecule has 5 heterocycles. The highest BCUT2D eigenvalue weighted by molar-refractivity contribution is 7.19. The number of rotatable bonds is 6. The summed E-state index contributed by atoms with van der Waals surface area (Å²) in [5, 5.41) is 12.0. The Kier molecular flexibility index (Phi) is 4.66. The molecule has 0 saturated heterocycles. The third kappa shape index (κ3) is 3.43. The molecule has 0 fully saturated rings. The maximum Gasteiger partial charge on any atom is 0.231 e. The van der Waals surface area contributed by atoms with Crippen molar-refractivity contribution in [2.75, 3.05) is 12.1 Å². The first kappa shape index (κ1) is 19.1. The molecule has 1 N–H and O–H groups in total. The monoisotopic (exact) mass is 462 g/mol. The van der Waals surface area contributed by atoms with Gasteiger partial charge in [0.1, 0.15) is 5.69 Å². The van der Waals surface area contributed by atoms with Gasteiger partial charge >= 0.3 is 0 Å². The molecule has 0 bridgehead atoms. The van der Waals surface area contributed by atoms with Crippen molar-refractivity contribution >= 4 is 27.8 Å². The van der Waals surface area contributed by atoms with Gasteiger partial charge in [-0.15, -0.1) is 11.3 Å². The molecule has 6 rings (SSSR count). The Bertz CT molecular complexity index is 1390. The third-order valence-electron chi connectivity index (χ3n) is 5.12. The van der Waals surface area contributed by atoms with Gasteiger partial charge in [-0.1, -0.05) is 11.3 Å². The lowest BCUT2D eigenvalue weighted by molar-refractivity contribution is 0.174. The summed E-state index contributed by atoms with van der Waals surface area (Å²) in [7, 11) is 0. The summed E-state index contributed by atoms with van der Waals surface area (Å²) in [6, 6.07) is 11.9. The van der Waals surface area contributed by atoms with E-state index in [0.717, 1.165) is 49.4 Å². The number of anilines is 1. The topological polar surface area (TPSA) is 79.0 Å². The summed E-state index contributed by atoms with van der Waals surface area (Å²) in [5.74, 6) is 1.50. The van der Waals surface area contributed by atoms with E-state index >= 15 is 0 Å². The Morgan fingerprint density at radius 2 is 2.06 bits per heavy atom. The highest BCUT2D eigenvalue weighted by atomic mass is 32.1. The normalized spacial score (nSPS) is 12.4. The lowest BCUT2D eigenvalue weighted by Gasteiger charge is -2.06. The molecule has 0 saturated carbocycles. The van der Waals surface area contributed by atoms with Crippen molar-refractivity contribution in [1.29, 1.82) is 0 Å². The van der Waals surface area contributed by atoms with Crippen LogP contribution in [0, 0.1) is 6.92 Å². The smallest absolute Gasteiger partial charge is 0.231 e. The molecule has 0 aliphatic carbocycles. The Morgan fingerprint density at radius 3 is 2.97 bits per heavy atom. The van der Waals surface area contributed by atoms with Gasteiger partial charge in [0.05, 0.1) is 22.8 Å². The highest BCUT2D eigenvalue weighted by Crippen LogP contribution is 2.35. The van der Waals surface area contributed by atoms with Gasteiger partial charge in [0.25, 0.3) is 0 Å². The van der Waals surface area contributed by atoms with Crippen molar-refractivity contribution in [2.45, 2.75) is 13.5 Å². The predicted octanol–water partition coefficient (Wildman–Crippen LogP) is 4.89. The van der Waals surface area contributed by atoms with Crippen LogP contribution in [0.4, 0.5) is 5.13 Å². The highest BCUT2D eigenvalue weighted by Gasteiger charge is 2.16. The van der Waals surface area contributed by atoms with Crippen LogP contribution in [-0.2, 0) is 6.54 Å². The second-order valence-corrected chi connectivity index (χ2v) is 9.03. The molecule has 0 amide bonds. The molecule has 1 aliphatic heterocycles. The molecule has 8 nitrogen and oxygen atoms in total. The molecular weight excluding hydrogens is 444 g/mol. The Morgan fingerprint density at radius 1 is 1.12 bits per heavy atom. The molecule has 0 atom stereocenters. The molecule has 160 valence electrons. The van der Waals surface area contributed by atoms with Crippen molar-refractivity contribution in [2.24, 2.45) is 0 Å². The number of nitrogens with one attached hydrogen (secondary N) is 1. The van der Waals surface area contributed by atoms with E-state index in [1.807, 2.05) is 65.9 Å². The maximum absolute atomic E-state index is 5.48. The SMILES string of the molecule is Cc1nc(NCc2cccn2-c2nccs2)sc1-c1ccn(-c2ccc3c(c2)OCO3)n1. The summed E-state index contributed by atoms with van der Waals surface area (Å²) in [4.78, 5) is 10.1. The second-order valence-electron chi connectivity index (χ2n) is 7.15. The van der Waals surface area contributed by atoms with Crippen molar-refractivity contribution in [1.82, 2.24) is 24.3 Å². The van der Waals surface area contributed by atoms with E-state index < -0.39 is 0 Å². The van der Waals surface area contributed by atoms with Crippen molar-refractivity contribution < 1.29 is 9.47 Å². The lowest BCUT2D eigenvalue weighted by atomic mass is 10.3. The van der Waals surface area contributed by atoms with E-state index in [2.05, 4.69) is 20.9 Å². The minimum Gasteiger partial charge on any atom is -0.454 e. The average Bonchev–Trinajstić information content (AvgIpc) is 3.62. The van der Waals surface area contributed by atoms with Crippen LogP contribution in [0.3, 0.4) is 0 Å². The number of benzene rings is 1. The zero-order valence-electron chi connectivity index (χ0n) is 17.1. The van der Waals surface area contributed by atoms with Gasteiger partial charge in [0.15, 0.2) is 21.8 Å². The summed E-state index contributed by atoms with van der Waals surface area (Å²) >= 11 is 3.21. The van der Waals surface area contributed by atoms with Crippen LogP contribution in [0.25, 0.3) is 21.4 Å². The van der Waals surface area contributed by atoms with E-state index in [1.54, 1.807) is 22.7 Å². The van der Waals surface area contributed by atoms with Crippen LogP contribution in [-0.4, -0.2) is 31.1 Å². The fraction of sp³-hybridized carbons (Fsp3) is 0.136. The zero-order chi connectivity index (χ0) is 21.5. The molecule has 1 aliphatic rings. The van der Waals surface area contributed by atoms with Crippen LogP contribution in [0.5, 0.6) is 11.5 Å². The van der Waals surface area contributed by atoms with Crippen LogP contribution in [0.15, 0.2) is 60.4 Å². The Hall–Kier alpha value is -3.63. The minimum absolute atomic E-state index is 0.257. The van der Waals surface area contributed by atoms with E-state index in [4.69, 9.17) is 19.6 Å². The first-order valence-electron chi connectivity index (χ1n) is 9.98. The van der Waals surface area contributed by atoms with Crippen LogP contribution in [0.2, 0.25) is 0 Å². The summed E-state index contributed by atoms with van der Waals surface area (Å²) in [6.07, 6.45) is 5.79.